The number of primary amides is 1. The molecule has 1 aliphatic heterocycles. The van der Waals surface area contributed by atoms with Crippen LogP contribution in [-0.2, 0) is 16.1 Å². The molecule has 0 radical (unpaired) electrons. The summed E-state index contributed by atoms with van der Waals surface area (Å²) in [6, 6.07) is 9.69. The third-order valence-corrected chi connectivity index (χ3v) is 4.28. The van der Waals surface area contributed by atoms with Gasteiger partial charge in [0.05, 0.1) is 19.0 Å². The molecule has 4 N–H and O–H groups in total. The van der Waals surface area contributed by atoms with Gasteiger partial charge in [0, 0.05) is 6.54 Å². The topological polar surface area (TPSA) is 76.6 Å². The molecule has 1 unspecified atom stereocenters. The SMILES string of the molecule is C[C@@H](C(=O)NCc1ccccc1)[NH+]1CCC[C@H](C(N)=O)C1. The van der Waals surface area contributed by atoms with Gasteiger partial charge in [0.1, 0.15) is 0 Å². The molecule has 1 aromatic carbocycles. The standard InChI is InChI=1S/C16H23N3O2/c1-12(19-9-5-8-14(11-19)15(17)20)16(21)18-10-13-6-3-2-4-7-13/h2-4,6-7,12,14H,5,8-11H2,1H3,(H2,17,20)(H,18,21)/p+1/t12-,14-/m0/s1. The lowest BCUT2D eigenvalue weighted by Gasteiger charge is -2.31. The van der Waals surface area contributed by atoms with Crippen LogP contribution in [0.3, 0.4) is 0 Å². The second-order valence-corrected chi connectivity index (χ2v) is 5.78. The van der Waals surface area contributed by atoms with Gasteiger partial charge in [-0.3, -0.25) is 9.59 Å². The maximum atomic E-state index is 12.2. The van der Waals surface area contributed by atoms with Gasteiger partial charge in [0.15, 0.2) is 6.04 Å². The normalized spacial score (nSPS) is 23.3. The first kappa shape index (κ1) is 15.5. The highest BCUT2D eigenvalue weighted by molar-refractivity contribution is 5.80. The van der Waals surface area contributed by atoms with E-state index in [1.807, 2.05) is 37.3 Å². The number of hydrogen-bond donors (Lipinski definition) is 3. The molecule has 1 aromatic rings. The molecule has 0 aliphatic carbocycles. The monoisotopic (exact) mass is 290 g/mol. The smallest absolute Gasteiger partial charge is 0.278 e. The largest absolute Gasteiger partial charge is 0.369 e. The third kappa shape index (κ3) is 4.29. The number of hydrogen-bond acceptors (Lipinski definition) is 2. The first-order valence-corrected chi connectivity index (χ1v) is 7.53. The number of carbonyl (C=O) groups excluding carboxylic acids is 2. The van der Waals surface area contributed by atoms with Crippen LogP contribution >= 0.6 is 0 Å². The van der Waals surface area contributed by atoms with Crippen molar-refractivity contribution in [2.75, 3.05) is 13.1 Å². The third-order valence-electron chi connectivity index (χ3n) is 4.28. The molecule has 5 heteroatoms. The van der Waals surface area contributed by atoms with Crippen molar-refractivity contribution in [3.63, 3.8) is 0 Å². The summed E-state index contributed by atoms with van der Waals surface area (Å²) < 4.78 is 0. The zero-order chi connectivity index (χ0) is 15.2. The fourth-order valence-corrected chi connectivity index (χ4v) is 2.86. The lowest BCUT2D eigenvalue weighted by molar-refractivity contribution is -0.921. The molecule has 114 valence electrons. The van der Waals surface area contributed by atoms with Crippen LogP contribution in [0.4, 0.5) is 0 Å². The highest BCUT2D eigenvalue weighted by Gasteiger charge is 2.33. The van der Waals surface area contributed by atoms with E-state index in [1.165, 1.54) is 0 Å². The molecule has 1 fully saturated rings. The van der Waals surface area contributed by atoms with Crippen molar-refractivity contribution in [1.82, 2.24) is 5.32 Å². The van der Waals surface area contributed by atoms with Gasteiger partial charge in [-0.1, -0.05) is 30.3 Å². The van der Waals surface area contributed by atoms with Crippen molar-refractivity contribution in [3.05, 3.63) is 35.9 Å². The molecule has 1 aliphatic rings. The van der Waals surface area contributed by atoms with Gasteiger partial charge >= 0.3 is 0 Å². The molecule has 1 heterocycles. The fourth-order valence-electron chi connectivity index (χ4n) is 2.86. The van der Waals surface area contributed by atoms with Gasteiger partial charge in [-0.25, -0.2) is 0 Å². The van der Waals surface area contributed by atoms with Crippen molar-refractivity contribution in [1.29, 1.82) is 0 Å². The van der Waals surface area contributed by atoms with E-state index in [4.69, 9.17) is 5.73 Å². The van der Waals surface area contributed by atoms with Crippen LogP contribution in [0.2, 0.25) is 0 Å². The number of nitrogens with two attached hydrogens (primary N) is 1. The Balaban J connectivity index is 1.85. The Labute approximate surface area is 125 Å². The van der Waals surface area contributed by atoms with Crippen molar-refractivity contribution in [2.45, 2.75) is 32.4 Å². The molecule has 0 spiro atoms. The Hall–Kier alpha value is -1.88. The van der Waals surface area contributed by atoms with Crippen LogP contribution in [0.1, 0.15) is 25.3 Å². The van der Waals surface area contributed by atoms with E-state index in [-0.39, 0.29) is 23.8 Å². The lowest BCUT2D eigenvalue weighted by Crippen LogP contribution is -3.18. The van der Waals surface area contributed by atoms with Gasteiger partial charge in [-0.2, -0.15) is 0 Å². The van der Waals surface area contributed by atoms with Crippen molar-refractivity contribution >= 4 is 11.8 Å². The number of rotatable bonds is 5. The van der Waals surface area contributed by atoms with E-state index in [1.54, 1.807) is 0 Å². The van der Waals surface area contributed by atoms with Gasteiger partial charge in [0.2, 0.25) is 5.91 Å². The predicted octanol–water partition coefficient (Wildman–Crippen LogP) is -0.528. The van der Waals surface area contributed by atoms with E-state index < -0.39 is 0 Å². The Morgan fingerprint density at radius 3 is 2.76 bits per heavy atom. The van der Waals surface area contributed by atoms with E-state index in [0.717, 1.165) is 29.8 Å². The van der Waals surface area contributed by atoms with Gasteiger partial charge in [0.25, 0.3) is 5.91 Å². The number of quaternary nitrogens is 1. The number of piperidine rings is 1. The maximum Gasteiger partial charge on any atom is 0.278 e. The first-order valence-electron chi connectivity index (χ1n) is 7.53. The number of nitrogens with one attached hydrogen (secondary N) is 2. The summed E-state index contributed by atoms with van der Waals surface area (Å²) >= 11 is 0. The molecule has 0 bridgehead atoms. The van der Waals surface area contributed by atoms with Gasteiger partial charge in [-0.05, 0) is 25.3 Å². The van der Waals surface area contributed by atoms with Crippen molar-refractivity contribution in [3.8, 4) is 0 Å². The van der Waals surface area contributed by atoms with Crippen LogP contribution in [0.15, 0.2) is 30.3 Å². The zero-order valence-electron chi connectivity index (χ0n) is 12.5. The summed E-state index contributed by atoms with van der Waals surface area (Å²) in [6.07, 6.45) is 1.79. The van der Waals surface area contributed by atoms with Crippen LogP contribution in [-0.4, -0.2) is 30.9 Å². The molecule has 5 nitrogen and oxygen atoms in total. The number of carbonyl (C=O) groups is 2. The van der Waals surface area contributed by atoms with Gasteiger partial charge < -0.3 is 16.0 Å². The summed E-state index contributed by atoms with van der Waals surface area (Å²) in [6.45, 7) is 4.04. The quantitative estimate of drug-likeness (QED) is 0.682. The van der Waals surface area contributed by atoms with Crippen molar-refractivity contribution in [2.24, 2.45) is 11.7 Å². The van der Waals surface area contributed by atoms with Crippen molar-refractivity contribution < 1.29 is 14.5 Å². The number of benzene rings is 1. The zero-order valence-corrected chi connectivity index (χ0v) is 12.5. The second kappa shape index (κ2) is 7.22. The summed E-state index contributed by atoms with van der Waals surface area (Å²) in [5, 5.41) is 2.96. The molecule has 2 rings (SSSR count). The molecular weight excluding hydrogens is 266 g/mol. The summed E-state index contributed by atoms with van der Waals surface area (Å²) in [5.41, 5.74) is 6.47. The van der Waals surface area contributed by atoms with Crippen LogP contribution in [0.5, 0.6) is 0 Å². The van der Waals surface area contributed by atoms with Crippen LogP contribution in [0, 0.1) is 5.92 Å². The Morgan fingerprint density at radius 2 is 2.10 bits per heavy atom. The Bertz CT molecular complexity index is 490. The van der Waals surface area contributed by atoms with E-state index in [0.29, 0.717) is 13.1 Å². The Morgan fingerprint density at radius 1 is 1.38 bits per heavy atom. The summed E-state index contributed by atoms with van der Waals surface area (Å²) in [4.78, 5) is 24.7. The van der Waals surface area contributed by atoms with Gasteiger partial charge in [-0.15, -0.1) is 0 Å². The minimum absolute atomic E-state index is 0.0268. The highest BCUT2D eigenvalue weighted by atomic mass is 16.2. The van der Waals surface area contributed by atoms with Crippen LogP contribution < -0.4 is 16.0 Å². The average Bonchev–Trinajstić information content (AvgIpc) is 2.53. The molecule has 0 aromatic heterocycles. The second-order valence-electron chi connectivity index (χ2n) is 5.78. The minimum Gasteiger partial charge on any atom is -0.369 e. The van der Waals surface area contributed by atoms with Crippen LogP contribution in [0.25, 0.3) is 0 Å². The molecule has 21 heavy (non-hydrogen) atoms. The van der Waals surface area contributed by atoms with E-state index >= 15 is 0 Å². The summed E-state index contributed by atoms with van der Waals surface area (Å²) in [7, 11) is 0. The number of amides is 2. The first-order chi connectivity index (χ1) is 10.1. The minimum atomic E-state index is -0.246. The highest BCUT2D eigenvalue weighted by Crippen LogP contribution is 2.06. The summed E-state index contributed by atoms with van der Waals surface area (Å²) in [5.74, 6) is -0.318. The Kier molecular flexibility index (Phi) is 5.33. The molecule has 1 saturated heterocycles. The average molecular weight is 290 g/mol. The lowest BCUT2D eigenvalue weighted by atomic mass is 9.96. The van der Waals surface area contributed by atoms with E-state index in [9.17, 15) is 9.59 Å². The number of likely N-dealkylation sites (tertiary alicyclic amines) is 1. The van der Waals surface area contributed by atoms with E-state index in [2.05, 4.69) is 5.32 Å². The maximum absolute atomic E-state index is 12.2. The molecule has 0 saturated carbocycles. The predicted molar refractivity (Wildman–Crippen MR) is 80.4 cm³/mol. The molecular formula is C16H24N3O2+. The molecule has 3 atom stereocenters. The fraction of sp³-hybridized carbons (Fsp3) is 0.500. The molecule has 2 amide bonds.